The molecule has 1 aromatic carbocycles. The van der Waals surface area contributed by atoms with Crippen molar-refractivity contribution in [1.82, 2.24) is 24.9 Å². The summed E-state index contributed by atoms with van der Waals surface area (Å²) in [6, 6.07) is 4.18. The van der Waals surface area contributed by atoms with Gasteiger partial charge in [-0.3, -0.25) is 23.9 Å². The third-order valence-electron chi connectivity index (χ3n) is 11.7. The van der Waals surface area contributed by atoms with Gasteiger partial charge in [-0.1, -0.05) is 80.1 Å². The molecule has 0 radical (unpaired) electrons. The molecule has 4 amide bonds. The van der Waals surface area contributed by atoms with Gasteiger partial charge in [-0.2, -0.15) is 0 Å². The molecule has 0 bridgehead atoms. The number of aromatic nitrogens is 2. The van der Waals surface area contributed by atoms with Gasteiger partial charge in [0.1, 0.15) is 23.5 Å². The number of amides is 4. The van der Waals surface area contributed by atoms with Gasteiger partial charge < -0.3 is 30.4 Å². The molecule has 0 spiro atoms. The maximum atomic E-state index is 12.8. The Bertz CT molecular complexity index is 1780. The lowest BCUT2D eigenvalue weighted by Gasteiger charge is -2.35. The quantitative estimate of drug-likeness (QED) is 0.110. The number of halogens is 2. The molecule has 16 heteroatoms. The standard InChI is InChI=1S/C19H26N2O2.C14H25N3O4.C9H13F2NOS.CH4/c1-23-15-11-12-16-18(13-15)21-19(22)17(20-16)10-4-2-3-7-14-8-5-6-9-14;1-8-6-7-17(9(8)11(15)18)12(19)10(14(2,3)4)16-13(20)21-5;1-9(2-3-9)14-12-8(13)6-4-5(6)7(10)11;/h11-14H,2-10H2,1H3,(H,21,22);8-10H,6-7H2,1-5H3,(H2,15,18)(H,16,20);5-7H,2-4H2,1H3,(H,12,13);1H4/t;8?,9?,10-;;/m.1../s1. The Labute approximate surface area is 352 Å². The number of likely N-dealkylation sites (tertiary alicyclic amines) is 1. The van der Waals surface area contributed by atoms with E-state index in [1.807, 2.05) is 45.9 Å². The van der Waals surface area contributed by atoms with Gasteiger partial charge in [-0.15, -0.1) is 0 Å². The minimum Gasteiger partial charge on any atom is -0.497 e. The van der Waals surface area contributed by atoms with Crippen LogP contribution in [0.4, 0.5) is 13.6 Å². The number of primary amides is 1. The number of carbonyl (C=O) groups excluding carboxylic acids is 4. The summed E-state index contributed by atoms with van der Waals surface area (Å²) in [6.45, 7) is 9.93. The normalized spacial score (nSPS) is 22.2. The number of rotatable bonds is 14. The first-order valence-electron chi connectivity index (χ1n) is 20.6. The summed E-state index contributed by atoms with van der Waals surface area (Å²) in [4.78, 5) is 68.2. The van der Waals surface area contributed by atoms with Crippen LogP contribution < -0.4 is 26.1 Å². The van der Waals surface area contributed by atoms with Crippen LogP contribution in [0.2, 0.25) is 0 Å². The van der Waals surface area contributed by atoms with Crippen LogP contribution in [0.1, 0.15) is 125 Å². The first-order valence-corrected chi connectivity index (χ1v) is 21.5. The van der Waals surface area contributed by atoms with Gasteiger partial charge in [0.25, 0.3) is 5.56 Å². The van der Waals surface area contributed by atoms with Crippen LogP contribution in [0.3, 0.4) is 0 Å². The zero-order valence-electron chi connectivity index (χ0n) is 35.2. The first-order chi connectivity index (χ1) is 27.4. The van der Waals surface area contributed by atoms with E-state index in [0.717, 1.165) is 48.4 Å². The molecule has 59 heavy (non-hydrogen) atoms. The van der Waals surface area contributed by atoms with Crippen molar-refractivity contribution in [3.8, 4) is 5.75 Å². The fourth-order valence-corrected chi connectivity index (χ4v) is 8.35. The van der Waals surface area contributed by atoms with E-state index in [4.69, 9.17) is 10.5 Å². The Kier molecular flexibility index (Phi) is 18.5. The van der Waals surface area contributed by atoms with Gasteiger partial charge in [0, 0.05) is 29.2 Å². The summed E-state index contributed by atoms with van der Waals surface area (Å²) in [5.41, 5.74) is 7.04. The van der Waals surface area contributed by atoms with Crippen LogP contribution in [-0.4, -0.2) is 82.7 Å². The average Bonchev–Trinajstić information content (AvgIpc) is 4.03. The van der Waals surface area contributed by atoms with Crippen molar-refractivity contribution < 1.29 is 37.4 Å². The van der Waals surface area contributed by atoms with E-state index in [0.29, 0.717) is 25.1 Å². The number of nitrogens with one attached hydrogen (secondary N) is 3. The monoisotopic (exact) mass is 850 g/mol. The van der Waals surface area contributed by atoms with Crippen LogP contribution in [-0.2, 0) is 25.5 Å². The minimum atomic E-state index is -2.34. The molecule has 2 aromatic rings. The highest BCUT2D eigenvalue weighted by Crippen LogP contribution is 2.48. The molecule has 1 aliphatic heterocycles. The van der Waals surface area contributed by atoms with Crippen molar-refractivity contribution in [2.75, 3.05) is 20.8 Å². The van der Waals surface area contributed by atoms with Gasteiger partial charge in [0.05, 0.1) is 25.3 Å². The molecule has 1 aromatic heterocycles. The highest BCUT2D eigenvalue weighted by atomic mass is 32.2. The molecule has 3 aliphatic carbocycles. The number of nitrogens with two attached hydrogens (primary N) is 1. The van der Waals surface area contributed by atoms with E-state index >= 15 is 0 Å². The molecule has 4 aliphatic rings. The van der Waals surface area contributed by atoms with Crippen LogP contribution >= 0.6 is 11.9 Å². The fraction of sp³-hybridized carbons (Fsp3) is 0.721. The number of alkyl carbamates (subject to hydrolysis) is 1. The Balaban J connectivity index is 0.000000241. The Morgan fingerprint density at radius 3 is 2.32 bits per heavy atom. The maximum Gasteiger partial charge on any atom is 0.407 e. The number of hydrogen-bond acceptors (Lipinski definition) is 9. The molecule has 5 atom stereocenters. The number of nitrogens with zero attached hydrogens (tertiary/aromatic N) is 2. The Hall–Kier alpha value is -3.95. The van der Waals surface area contributed by atoms with Crippen LogP contribution in [0.5, 0.6) is 5.75 Å². The van der Waals surface area contributed by atoms with E-state index in [1.54, 1.807) is 7.11 Å². The second-order valence-corrected chi connectivity index (χ2v) is 19.0. The second-order valence-electron chi connectivity index (χ2n) is 17.6. The van der Waals surface area contributed by atoms with Crippen molar-refractivity contribution in [1.29, 1.82) is 0 Å². The molecular weight excluding hydrogens is 783 g/mol. The molecule has 332 valence electrons. The summed E-state index contributed by atoms with van der Waals surface area (Å²) < 4.78 is 36.9. The number of H-pyrrole nitrogens is 1. The Morgan fingerprint density at radius 1 is 1.08 bits per heavy atom. The van der Waals surface area contributed by atoms with Crippen molar-refractivity contribution in [3.63, 3.8) is 0 Å². The zero-order chi connectivity index (χ0) is 42.8. The predicted octanol–water partition coefficient (Wildman–Crippen LogP) is 7.54. The van der Waals surface area contributed by atoms with E-state index < -0.39 is 47.8 Å². The number of fused-ring (bicyclic) bond motifs is 1. The van der Waals surface area contributed by atoms with Gasteiger partial charge in [-0.25, -0.2) is 18.6 Å². The van der Waals surface area contributed by atoms with Gasteiger partial charge in [0.2, 0.25) is 24.1 Å². The molecule has 1 saturated heterocycles. The lowest BCUT2D eigenvalue weighted by molar-refractivity contribution is -0.141. The minimum absolute atomic E-state index is 0. The van der Waals surface area contributed by atoms with Crippen molar-refractivity contribution in [2.45, 2.75) is 149 Å². The topological polar surface area (TPSA) is 186 Å². The summed E-state index contributed by atoms with van der Waals surface area (Å²) >= 11 is 1.39. The number of aromatic amines is 1. The lowest BCUT2D eigenvalue weighted by atomic mass is 9.85. The second kappa shape index (κ2) is 22.1. The van der Waals surface area contributed by atoms with E-state index in [9.17, 15) is 32.8 Å². The molecule has 13 nitrogen and oxygen atoms in total. The summed E-state index contributed by atoms with van der Waals surface area (Å²) in [5.74, 6) is -0.451. The molecule has 5 N–H and O–H groups in total. The van der Waals surface area contributed by atoms with Gasteiger partial charge in [-0.05, 0) is 86.8 Å². The number of carbonyl (C=O) groups is 4. The summed E-state index contributed by atoms with van der Waals surface area (Å²) in [7, 11) is 2.86. The molecule has 4 unspecified atom stereocenters. The van der Waals surface area contributed by atoms with Crippen LogP contribution in [0.25, 0.3) is 11.0 Å². The predicted molar refractivity (Wildman–Crippen MR) is 228 cm³/mol. The summed E-state index contributed by atoms with van der Waals surface area (Å²) in [5, 5.41) is 2.55. The molecular formula is C43H68F2N6O7S. The van der Waals surface area contributed by atoms with Crippen LogP contribution in [0.15, 0.2) is 23.0 Å². The highest BCUT2D eigenvalue weighted by Gasteiger charge is 2.50. The van der Waals surface area contributed by atoms with E-state index in [2.05, 4.69) is 31.7 Å². The number of hydrogen-bond donors (Lipinski definition) is 4. The van der Waals surface area contributed by atoms with E-state index in [-0.39, 0.29) is 35.5 Å². The number of alkyl halides is 2. The fourth-order valence-electron chi connectivity index (χ4n) is 7.54. The van der Waals surface area contributed by atoms with Crippen molar-refractivity contribution in [3.05, 3.63) is 34.2 Å². The molecule has 4 fully saturated rings. The molecule has 3 saturated carbocycles. The number of aryl methyl sites for hydroxylation is 1. The number of ether oxygens (including phenoxy) is 2. The number of benzene rings is 1. The Morgan fingerprint density at radius 2 is 1.76 bits per heavy atom. The molecule has 6 rings (SSSR count). The zero-order valence-corrected chi connectivity index (χ0v) is 36.0. The lowest BCUT2D eigenvalue weighted by Crippen LogP contribution is -2.57. The maximum absolute atomic E-state index is 12.8. The smallest absolute Gasteiger partial charge is 0.407 e. The SMILES string of the molecule is C.CC1(SNC(=O)C2CC2C(F)F)CC1.COC(=O)N[C@H](C(=O)N1CCC(C)C1C(N)=O)C(C)(C)C.COc1ccc2nc(CCCCCC3CCCC3)c(=O)[nH]c2c1. The van der Waals surface area contributed by atoms with Crippen molar-refractivity contribution in [2.24, 2.45) is 34.8 Å². The largest absolute Gasteiger partial charge is 0.497 e. The number of methoxy groups -OCH3 is 2. The average molecular weight is 851 g/mol. The first kappa shape index (κ1) is 49.4. The third kappa shape index (κ3) is 14.6. The van der Waals surface area contributed by atoms with Crippen molar-refractivity contribution >= 4 is 46.8 Å². The van der Waals surface area contributed by atoms with Gasteiger partial charge in [0.15, 0.2) is 0 Å². The molecule has 2 heterocycles. The highest BCUT2D eigenvalue weighted by molar-refractivity contribution is 7.99. The van der Waals surface area contributed by atoms with Gasteiger partial charge >= 0.3 is 6.09 Å². The third-order valence-corrected chi connectivity index (χ3v) is 12.9. The van der Waals surface area contributed by atoms with E-state index in [1.165, 1.54) is 68.9 Å². The number of unbranched alkanes of at least 4 members (excludes halogenated alkanes) is 2. The van der Waals surface area contributed by atoms with Crippen LogP contribution in [0, 0.1) is 29.1 Å². The summed E-state index contributed by atoms with van der Waals surface area (Å²) in [6.07, 6.45) is 11.6.